The monoisotopic (exact) mass is 392 g/mol. The Hall–Kier alpha value is -2.83. The Morgan fingerprint density at radius 1 is 0.586 bits per heavy atom. The van der Waals surface area contributed by atoms with Gasteiger partial charge in [-0.2, -0.15) is 0 Å². The van der Waals surface area contributed by atoms with Crippen molar-refractivity contribution in [3.63, 3.8) is 0 Å². The molecule has 0 saturated heterocycles. The molecule has 0 radical (unpaired) electrons. The average Bonchev–Trinajstić information content (AvgIpc) is 2.78. The summed E-state index contributed by atoms with van der Waals surface area (Å²) in [7, 11) is 0. The molecule has 0 saturated carbocycles. The van der Waals surface area contributed by atoms with Gasteiger partial charge in [0.1, 0.15) is 0 Å². The summed E-state index contributed by atoms with van der Waals surface area (Å²) >= 11 is 7.11. The number of hydrogen-bond donors (Lipinski definition) is 0. The lowest BCUT2D eigenvalue weighted by Crippen LogP contribution is -2.06. The van der Waals surface area contributed by atoms with Crippen molar-refractivity contribution >= 4 is 43.9 Å². The Kier molecular flexibility index (Phi) is 3.89. The molecular formula is C28H21Cl. The van der Waals surface area contributed by atoms with Crippen LogP contribution < -0.4 is 0 Å². The summed E-state index contributed by atoms with van der Waals surface area (Å²) in [6.07, 6.45) is 4.76. The Bertz CT molecular complexity index is 1400. The fourth-order valence-electron chi connectivity index (χ4n) is 5.09. The highest BCUT2D eigenvalue weighted by Crippen LogP contribution is 2.43. The van der Waals surface area contributed by atoms with Crippen LogP contribution in [0.1, 0.15) is 24.0 Å². The van der Waals surface area contributed by atoms with Crippen molar-refractivity contribution in [1.29, 1.82) is 0 Å². The molecule has 0 atom stereocenters. The van der Waals surface area contributed by atoms with E-state index in [0.29, 0.717) is 0 Å². The summed E-state index contributed by atoms with van der Waals surface area (Å²) < 4.78 is 0. The first-order valence-corrected chi connectivity index (χ1v) is 10.8. The third-order valence-electron chi connectivity index (χ3n) is 6.45. The van der Waals surface area contributed by atoms with Crippen molar-refractivity contribution in [2.24, 2.45) is 0 Å². The Morgan fingerprint density at radius 3 is 2.03 bits per heavy atom. The zero-order valence-corrected chi connectivity index (χ0v) is 17.0. The maximum Gasteiger partial charge on any atom is 0.0565 e. The van der Waals surface area contributed by atoms with Crippen LogP contribution >= 0.6 is 11.6 Å². The maximum absolute atomic E-state index is 7.11. The molecule has 0 aromatic heterocycles. The molecular weight excluding hydrogens is 372 g/mol. The molecule has 0 fully saturated rings. The Morgan fingerprint density at radius 2 is 1.24 bits per heavy atom. The topological polar surface area (TPSA) is 0 Å². The summed E-state index contributed by atoms with van der Waals surface area (Å²) in [5.74, 6) is 0. The van der Waals surface area contributed by atoms with E-state index in [1.165, 1.54) is 62.0 Å². The fourth-order valence-corrected chi connectivity index (χ4v) is 5.47. The van der Waals surface area contributed by atoms with Crippen LogP contribution in [0.15, 0.2) is 78.9 Å². The van der Waals surface area contributed by atoms with Crippen LogP contribution in [0.25, 0.3) is 43.4 Å². The third-order valence-corrected chi connectivity index (χ3v) is 6.85. The summed E-state index contributed by atoms with van der Waals surface area (Å²) in [6.45, 7) is 0. The van der Waals surface area contributed by atoms with E-state index in [-0.39, 0.29) is 0 Å². The minimum absolute atomic E-state index is 0.918. The van der Waals surface area contributed by atoms with Gasteiger partial charge >= 0.3 is 0 Å². The Labute approximate surface area is 175 Å². The molecule has 140 valence electrons. The number of aryl methyl sites for hydroxylation is 1. The van der Waals surface area contributed by atoms with Crippen molar-refractivity contribution in [2.45, 2.75) is 25.7 Å². The minimum atomic E-state index is 0.918. The molecule has 5 aromatic carbocycles. The van der Waals surface area contributed by atoms with Gasteiger partial charge in [0.05, 0.1) is 5.02 Å². The first kappa shape index (κ1) is 17.1. The number of halogens is 1. The summed E-state index contributed by atoms with van der Waals surface area (Å²) in [5, 5.41) is 8.34. The van der Waals surface area contributed by atoms with E-state index in [0.717, 1.165) is 23.3 Å². The highest BCUT2D eigenvalue weighted by atomic mass is 35.5. The molecule has 0 heterocycles. The second-order valence-electron chi connectivity index (χ2n) is 8.16. The van der Waals surface area contributed by atoms with Gasteiger partial charge in [-0.05, 0) is 93.7 Å². The number of fused-ring (bicyclic) bond motifs is 5. The van der Waals surface area contributed by atoms with Gasteiger partial charge in [0, 0.05) is 10.8 Å². The van der Waals surface area contributed by atoms with Gasteiger partial charge in [0.25, 0.3) is 0 Å². The molecule has 0 unspecified atom stereocenters. The van der Waals surface area contributed by atoms with Gasteiger partial charge in [-0.3, -0.25) is 0 Å². The Balaban J connectivity index is 1.75. The number of rotatable bonds is 1. The quantitative estimate of drug-likeness (QED) is 0.251. The standard InChI is InChI=1S/C28H21Cl/c29-28-26-16-20-11-5-4-10-19(20)14-21(26)15-22-17-25(18-8-2-1-3-9-18)23-12-6-7-13-24(23)27(22)28/h1-5,8-11,14-17H,6-7,12-13H2. The average molecular weight is 393 g/mol. The van der Waals surface area contributed by atoms with Gasteiger partial charge in [-0.1, -0.05) is 66.2 Å². The summed E-state index contributed by atoms with van der Waals surface area (Å²) in [5.41, 5.74) is 5.65. The number of hydrogen-bond acceptors (Lipinski definition) is 0. The molecule has 29 heavy (non-hydrogen) atoms. The predicted molar refractivity (Wildman–Crippen MR) is 126 cm³/mol. The van der Waals surface area contributed by atoms with E-state index in [9.17, 15) is 0 Å². The molecule has 0 spiro atoms. The van der Waals surface area contributed by atoms with E-state index in [4.69, 9.17) is 11.6 Å². The predicted octanol–water partition coefficient (Wildman–Crippen LogP) is 8.35. The van der Waals surface area contributed by atoms with Crippen LogP contribution in [0.4, 0.5) is 0 Å². The molecule has 1 heteroatoms. The second kappa shape index (κ2) is 6.61. The summed E-state index contributed by atoms with van der Waals surface area (Å²) in [4.78, 5) is 0. The van der Waals surface area contributed by atoms with Gasteiger partial charge in [-0.15, -0.1) is 0 Å². The molecule has 0 bridgehead atoms. The number of benzene rings is 5. The molecule has 0 aliphatic heterocycles. The zero-order chi connectivity index (χ0) is 19.4. The molecule has 1 aliphatic rings. The van der Waals surface area contributed by atoms with E-state index in [2.05, 4.69) is 78.9 Å². The van der Waals surface area contributed by atoms with Gasteiger partial charge in [0.15, 0.2) is 0 Å². The highest BCUT2D eigenvalue weighted by Gasteiger charge is 2.20. The summed E-state index contributed by atoms with van der Waals surface area (Å²) in [6, 6.07) is 28.6. The van der Waals surface area contributed by atoms with Crippen LogP contribution in [-0.2, 0) is 12.8 Å². The van der Waals surface area contributed by atoms with Crippen molar-refractivity contribution < 1.29 is 0 Å². The van der Waals surface area contributed by atoms with Crippen LogP contribution in [0.3, 0.4) is 0 Å². The van der Waals surface area contributed by atoms with E-state index in [1.54, 1.807) is 0 Å². The van der Waals surface area contributed by atoms with Crippen molar-refractivity contribution in [2.75, 3.05) is 0 Å². The normalized spacial score (nSPS) is 13.8. The van der Waals surface area contributed by atoms with Crippen LogP contribution in [0, 0.1) is 0 Å². The lowest BCUT2D eigenvalue weighted by Gasteiger charge is -2.23. The molecule has 0 amide bonds. The van der Waals surface area contributed by atoms with Crippen molar-refractivity contribution in [3.8, 4) is 11.1 Å². The van der Waals surface area contributed by atoms with E-state index < -0.39 is 0 Å². The first-order valence-electron chi connectivity index (χ1n) is 10.4. The largest absolute Gasteiger partial charge is 0.0830 e. The SMILES string of the molecule is Clc1c2cc3ccccc3cc2cc2cc(-c3ccccc3)c3c(c12)CCCC3. The van der Waals surface area contributed by atoms with Gasteiger partial charge < -0.3 is 0 Å². The fraction of sp³-hybridized carbons (Fsp3) is 0.143. The molecule has 0 N–H and O–H groups in total. The molecule has 1 aliphatic carbocycles. The molecule has 0 nitrogen and oxygen atoms in total. The van der Waals surface area contributed by atoms with Crippen molar-refractivity contribution in [1.82, 2.24) is 0 Å². The van der Waals surface area contributed by atoms with Gasteiger partial charge in [-0.25, -0.2) is 0 Å². The van der Waals surface area contributed by atoms with Crippen LogP contribution in [0.5, 0.6) is 0 Å². The molecule has 5 aromatic rings. The first-order chi connectivity index (χ1) is 14.3. The van der Waals surface area contributed by atoms with Crippen molar-refractivity contribution in [3.05, 3.63) is 95.0 Å². The zero-order valence-electron chi connectivity index (χ0n) is 16.2. The highest BCUT2D eigenvalue weighted by molar-refractivity contribution is 6.41. The van der Waals surface area contributed by atoms with Crippen LogP contribution in [-0.4, -0.2) is 0 Å². The second-order valence-corrected chi connectivity index (χ2v) is 8.54. The molecule has 6 rings (SSSR count). The third kappa shape index (κ3) is 2.67. The lowest BCUT2D eigenvalue weighted by molar-refractivity contribution is 0.691. The van der Waals surface area contributed by atoms with E-state index in [1.807, 2.05) is 0 Å². The van der Waals surface area contributed by atoms with Gasteiger partial charge in [0.2, 0.25) is 0 Å². The smallest absolute Gasteiger partial charge is 0.0565 e. The maximum atomic E-state index is 7.11. The van der Waals surface area contributed by atoms with Crippen LogP contribution in [0.2, 0.25) is 5.02 Å². The van der Waals surface area contributed by atoms with E-state index >= 15 is 0 Å². The lowest BCUT2D eigenvalue weighted by atomic mass is 9.82. The minimum Gasteiger partial charge on any atom is -0.0830 e.